The van der Waals surface area contributed by atoms with E-state index in [1.165, 1.54) is 137 Å². The zero-order chi connectivity index (χ0) is 55.0. The first kappa shape index (κ1) is 51.6. The molecule has 1 saturated carbocycles. The molecule has 2 aliphatic heterocycles. The summed E-state index contributed by atoms with van der Waals surface area (Å²) in [5.74, 6) is 1.32. The van der Waals surface area contributed by atoms with Crippen LogP contribution in [-0.4, -0.2) is 13.8 Å². The number of hydrogen-bond acceptors (Lipinski definition) is 4. The second kappa shape index (κ2) is 17.1. The number of ether oxygens (including phenoxy) is 1. The Balaban J connectivity index is 1.19. The van der Waals surface area contributed by atoms with Crippen LogP contribution in [0, 0.1) is 16.7 Å². The average Bonchev–Trinajstić information content (AvgIpc) is 3.29. The molecule has 3 heterocycles. The molecule has 7 aromatic rings. The van der Waals surface area contributed by atoms with Gasteiger partial charge in [0.15, 0.2) is 0 Å². The molecule has 78 heavy (non-hydrogen) atoms. The number of para-hydroxylation sites is 1. The highest BCUT2D eigenvalue weighted by atomic mass is 32.1. The fourth-order valence-electron chi connectivity index (χ4n) is 15.5. The van der Waals surface area contributed by atoms with E-state index >= 15 is 0 Å². The molecule has 0 saturated heterocycles. The fourth-order valence-corrected chi connectivity index (χ4v) is 16.9. The Bertz CT molecular complexity index is 3720. The molecule has 400 valence electrons. The molecule has 4 aliphatic carbocycles. The SMILES string of the molecule is COc1ccccc1-c1ccccc1-c1cc2c3c(c1)N(c1ccc(C(C)(C)C)cc1)c1c(sc4cc5c(cc14)C(C)(C)CCC5(C)C)B3C1=C(C=C3C(C1)C(C)(C)CCC3(C)C)N2c1ccc2c(c1)C(C)(C)CCC2(C)C. The Morgan fingerprint density at radius 2 is 1.10 bits per heavy atom. The highest BCUT2D eigenvalue weighted by Gasteiger charge is 2.53. The van der Waals surface area contributed by atoms with Crippen LogP contribution in [-0.2, 0) is 27.1 Å². The monoisotopic (exact) mass is 1050 g/mol. The van der Waals surface area contributed by atoms with Crippen LogP contribution in [0.25, 0.3) is 32.3 Å². The summed E-state index contributed by atoms with van der Waals surface area (Å²) < 4.78 is 9.05. The number of thiophene rings is 1. The summed E-state index contributed by atoms with van der Waals surface area (Å²) in [4.78, 5) is 5.51. The van der Waals surface area contributed by atoms with Crippen LogP contribution >= 0.6 is 11.3 Å². The summed E-state index contributed by atoms with van der Waals surface area (Å²) in [6, 6.07) is 45.5. The Morgan fingerprint density at radius 3 is 1.74 bits per heavy atom. The molecular weight excluding hydrogens is 964 g/mol. The maximum Gasteiger partial charge on any atom is 0.260 e. The van der Waals surface area contributed by atoms with Crippen molar-refractivity contribution in [1.82, 2.24) is 0 Å². The molecule has 13 rings (SSSR count). The van der Waals surface area contributed by atoms with Gasteiger partial charge in [0.25, 0.3) is 6.71 Å². The minimum Gasteiger partial charge on any atom is -0.496 e. The molecule has 3 nitrogen and oxygen atoms in total. The number of methoxy groups -OCH3 is 1. The van der Waals surface area contributed by atoms with Gasteiger partial charge in [-0.05, 0) is 199 Å². The topological polar surface area (TPSA) is 15.7 Å². The predicted octanol–water partition coefficient (Wildman–Crippen LogP) is 19.4. The first-order chi connectivity index (χ1) is 36.7. The van der Waals surface area contributed by atoms with Gasteiger partial charge in [-0.2, -0.15) is 0 Å². The minimum absolute atomic E-state index is 0.0152. The third-order valence-electron chi connectivity index (χ3n) is 20.9. The molecule has 5 heteroatoms. The van der Waals surface area contributed by atoms with Gasteiger partial charge in [-0.1, -0.05) is 176 Å². The zero-order valence-electron chi connectivity index (χ0n) is 49.9. The molecule has 1 atom stereocenters. The quantitative estimate of drug-likeness (QED) is 0.160. The Kier molecular flexibility index (Phi) is 11.3. The van der Waals surface area contributed by atoms with Crippen LogP contribution in [0.1, 0.15) is 177 Å². The molecule has 1 fully saturated rings. The molecule has 0 bridgehead atoms. The van der Waals surface area contributed by atoms with E-state index in [1.54, 1.807) is 18.2 Å². The number of nitrogens with zero attached hydrogens (tertiary/aromatic N) is 2. The van der Waals surface area contributed by atoms with Gasteiger partial charge in [0.2, 0.25) is 0 Å². The number of fused-ring (bicyclic) bond motifs is 8. The average molecular weight is 1050 g/mol. The van der Waals surface area contributed by atoms with Crippen molar-refractivity contribution in [2.45, 2.75) is 176 Å². The van der Waals surface area contributed by atoms with Crippen LogP contribution in [0.4, 0.5) is 28.4 Å². The van der Waals surface area contributed by atoms with E-state index in [2.05, 4.69) is 246 Å². The summed E-state index contributed by atoms with van der Waals surface area (Å²) in [7, 11) is 1.80. The van der Waals surface area contributed by atoms with Crippen molar-refractivity contribution in [3.05, 3.63) is 166 Å². The molecule has 1 unspecified atom stereocenters. The van der Waals surface area contributed by atoms with E-state index in [-0.39, 0.29) is 44.6 Å². The highest BCUT2D eigenvalue weighted by molar-refractivity contribution is 7.32. The lowest BCUT2D eigenvalue weighted by Gasteiger charge is -2.53. The third kappa shape index (κ3) is 7.76. The molecule has 6 aromatic carbocycles. The van der Waals surface area contributed by atoms with E-state index in [9.17, 15) is 0 Å². The van der Waals surface area contributed by atoms with Gasteiger partial charge in [0.1, 0.15) is 5.75 Å². The van der Waals surface area contributed by atoms with Crippen LogP contribution in [0.15, 0.2) is 138 Å². The Hall–Kier alpha value is -5.78. The second-order valence-corrected chi connectivity index (χ2v) is 30.8. The fraction of sp³-hybridized carbons (Fsp3) is 0.425. The van der Waals surface area contributed by atoms with E-state index in [4.69, 9.17) is 4.74 Å². The van der Waals surface area contributed by atoms with Gasteiger partial charge >= 0.3 is 0 Å². The standard InChI is InChI=1S/C73H83BN2OS/c1-67(2,3)45-25-27-46(28-26-45)76-61-38-44(48-21-17-18-22-49(48)50-23-19-20-24-62(50)77-16)37-60-64(61)74(66-65(76)51-40-54-57(43-63(51)78-66)73(14,15)36-33-70(54,8)9)58-41-55-56(72(12,13)35-34-71(55,10)11)42-59(58)75(60)47-29-30-52-53(39-47)69(6,7)32-31-68(52,4)5/h17-30,37-40,42-43,55H,31-36,41H2,1-16H3. The van der Waals surface area contributed by atoms with Crippen molar-refractivity contribution in [3.8, 4) is 28.0 Å². The van der Waals surface area contributed by atoms with Gasteiger partial charge in [0, 0.05) is 48.9 Å². The summed E-state index contributed by atoms with van der Waals surface area (Å²) in [5, 5.41) is 1.39. The number of hydrogen-bond donors (Lipinski definition) is 0. The van der Waals surface area contributed by atoms with Crippen LogP contribution in [0.3, 0.4) is 0 Å². The van der Waals surface area contributed by atoms with Crippen molar-refractivity contribution in [2.75, 3.05) is 16.9 Å². The van der Waals surface area contributed by atoms with Gasteiger partial charge < -0.3 is 14.5 Å². The molecule has 0 amide bonds. The minimum atomic E-state index is 0.0152. The summed E-state index contributed by atoms with van der Waals surface area (Å²) in [6.45, 7) is 37.2. The van der Waals surface area contributed by atoms with Gasteiger partial charge in [-0.25, -0.2) is 0 Å². The zero-order valence-corrected chi connectivity index (χ0v) is 50.7. The van der Waals surface area contributed by atoms with Crippen LogP contribution < -0.4 is 24.8 Å². The number of benzene rings is 6. The van der Waals surface area contributed by atoms with Gasteiger partial charge in [-0.15, -0.1) is 11.3 Å². The maximum absolute atomic E-state index is 6.15. The van der Waals surface area contributed by atoms with Crippen molar-refractivity contribution in [3.63, 3.8) is 0 Å². The highest BCUT2D eigenvalue weighted by Crippen LogP contribution is 2.61. The summed E-state index contributed by atoms with van der Waals surface area (Å²) in [5.41, 5.74) is 25.1. The third-order valence-corrected chi connectivity index (χ3v) is 22.1. The summed E-state index contributed by atoms with van der Waals surface area (Å²) in [6.07, 6.45) is 11.0. The van der Waals surface area contributed by atoms with Crippen molar-refractivity contribution in [2.24, 2.45) is 16.7 Å². The van der Waals surface area contributed by atoms with Gasteiger partial charge in [0.05, 0.1) is 12.8 Å². The van der Waals surface area contributed by atoms with Crippen LogP contribution in [0.5, 0.6) is 5.75 Å². The largest absolute Gasteiger partial charge is 0.496 e. The lowest BCUT2D eigenvalue weighted by Crippen LogP contribution is -2.56. The molecule has 0 spiro atoms. The smallest absolute Gasteiger partial charge is 0.260 e. The Labute approximate surface area is 472 Å². The van der Waals surface area contributed by atoms with E-state index < -0.39 is 0 Å². The lowest BCUT2D eigenvalue weighted by molar-refractivity contribution is 0.122. The number of rotatable bonds is 5. The first-order valence-electron chi connectivity index (χ1n) is 29.5. The second-order valence-electron chi connectivity index (χ2n) is 29.7. The van der Waals surface area contributed by atoms with Crippen LogP contribution in [0.2, 0.25) is 0 Å². The molecule has 6 aliphatic rings. The normalized spacial score (nSPS) is 21.7. The summed E-state index contributed by atoms with van der Waals surface area (Å²) >= 11 is 2.09. The molecular formula is C73H83BN2OS. The van der Waals surface area contributed by atoms with Crippen molar-refractivity contribution in [1.29, 1.82) is 0 Å². The Morgan fingerprint density at radius 1 is 0.551 bits per heavy atom. The number of anilines is 5. The van der Waals surface area contributed by atoms with Crippen molar-refractivity contribution >= 4 is 66.8 Å². The van der Waals surface area contributed by atoms with E-state index in [0.29, 0.717) is 5.92 Å². The molecule has 1 aromatic heterocycles. The van der Waals surface area contributed by atoms with E-state index in [0.717, 1.165) is 17.7 Å². The predicted molar refractivity (Wildman–Crippen MR) is 337 cm³/mol. The van der Waals surface area contributed by atoms with E-state index in [1.807, 2.05) is 0 Å². The molecule has 0 N–H and O–H groups in total. The first-order valence-corrected chi connectivity index (χ1v) is 30.4. The number of allylic oxidation sites excluding steroid dienone is 3. The maximum atomic E-state index is 6.15. The van der Waals surface area contributed by atoms with Crippen molar-refractivity contribution < 1.29 is 4.74 Å². The molecule has 0 radical (unpaired) electrons. The lowest BCUT2D eigenvalue weighted by atomic mass is 9.33. The van der Waals surface area contributed by atoms with Gasteiger partial charge in [-0.3, -0.25) is 0 Å².